The van der Waals surface area contributed by atoms with Crippen molar-refractivity contribution in [2.24, 2.45) is 0 Å². The summed E-state index contributed by atoms with van der Waals surface area (Å²) in [6.45, 7) is 0.514. The lowest BCUT2D eigenvalue weighted by Gasteiger charge is -2.19. The third kappa shape index (κ3) is 7.27. The Hall–Kier alpha value is -3.71. The molecule has 0 saturated carbocycles. The maximum atomic E-state index is 13.4. The molecule has 1 amide bonds. The topological polar surface area (TPSA) is 193 Å². The molecule has 1 aromatic heterocycles. The van der Waals surface area contributed by atoms with Crippen molar-refractivity contribution in [3.05, 3.63) is 49.2 Å². The van der Waals surface area contributed by atoms with Crippen LogP contribution in [0.3, 0.4) is 0 Å². The highest BCUT2D eigenvalue weighted by molar-refractivity contribution is 8.30. The van der Waals surface area contributed by atoms with Gasteiger partial charge in [-0.3, -0.25) is 33.2 Å². The number of ether oxygens (including phenoxy) is 2. The van der Waals surface area contributed by atoms with Gasteiger partial charge in [0.25, 0.3) is 21.6 Å². The number of aliphatic carboxylic acids is 2. The number of carbonyl (C=O) groups is 3. The van der Waals surface area contributed by atoms with Crippen molar-refractivity contribution in [2.45, 2.75) is 26.3 Å². The number of allylic oxidation sites excluding steroid dienone is 1. The van der Waals surface area contributed by atoms with E-state index in [-0.39, 0.29) is 31.4 Å². The third-order valence-electron chi connectivity index (χ3n) is 6.17. The van der Waals surface area contributed by atoms with Crippen LogP contribution in [-0.4, -0.2) is 80.8 Å². The third-order valence-corrected chi connectivity index (χ3v) is 9.67. The Balaban J connectivity index is 1.82. The van der Waals surface area contributed by atoms with E-state index in [2.05, 4.69) is 0 Å². The van der Waals surface area contributed by atoms with Crippen LogP contribution in [0.2, 0.25) is 0 Å². The average molecular weight is 672 g/mol. The van der Waals surface area contributed by atoms with Gasteiger partial charge in [-0.2, -0.15) is 8.42 Å². The molecule has 3 N–H and O–H groups in total. The summed E-state index contributed by atoms with van der Waals surface area (Å²) in [5, 5.41) is 18.6. The number of thioether (sulfide) groups is 1. The first kappa shape index (κ1) is 32.2. The van der Waals surface area contributed by atoms with E-state index in [0.29, 0.717) is 35.1 Å². The number of rotatable bonds is 11. The normalized spacial score (nSPS) is 17.8. The summed E-state index contributed by atoms with van der Waals surface area (Å²) in [7, 11) is -2.63. The monoisotopic (exact) mass is 671 g/mol. The number of unbranched alkanes of at least 4 members (excludes halogenated alkanes) is 1. The molecule has 2 aromatic rings. The second kappa shape index (κ2) is 12.9. The number of aromatic nitrogens is 1. The SMILES string of the molecule is COc1ccc2c(c1)N(CCCCS(=O)(=O)O)/C(=C(C)\C=c1/s/c(=C3\SC(=S)N(CC(=O)O)C3=O)n(CC(=O)O)c1=O)O2. The predicted octanol–water partition coefficient (Wildman–Crippen LogP) is 0.635. The fraction of sp³-hybridized carbons (Fsp3) is 0.320. The number of hydrogen-bond donors (Lipinski definition) is 3. The van der Waals surface area contributed by atoms with Crippen molar-refractivity contribution >= 4 is 84.3 Å². The van der Waals surface area contributed by atoms with Gasteiger partial charge in [0.1, 0.15) is 32.7 Å². The molecule has 1 aromatic carbocycles. The van der Waals surface area contributed by atoms with Crippen LogP contribution in [0.1, 0.15) is 19.8 Å². The fourth-order valence-electron chi connectivity index (χ4n) is 4.28. The van der Waals surface area contributed by atoms with Gasteiger partial charge in [-0.05, 0) is 38.0 Å². The second-order valence-corrected chi connectivity index (χ2v) is 13.5. The summed E-state index contributed by atoms with van der Waals surface area (Å²) in [4.78, 5) is 51.8. The van der Waals surface area contributed by atoms with Gasteiger partial charge in [0.2, 0.25) is 5.88 Å². The number of carboxylic acid groups (broad SMARTS) is 2. The lowest BCUT2D eigenvalue weighted by molar-refractivity contribution is -0.140. The first-order valence-corrected chi connectivity index (χ1v) is 16.1. The van der Waals surface area contributed by atoms with E-state index in [1.165, 1.54) is 13.2 Å². The highest BCUT2D eigenvalue weighted by atomic mass is 32.2. The van der Waals surface area contributed by atoms with E-state index in [4.69, 9.17) is 31.4 Å². The molecule has 0 radical (unpaired) electrons. The fourth-order valence-corrected chi connectivity index (χ4v) is 7.41. The summed E-state index contributed by atoms with van der Waals surface area (Å²) >= 11 is 6.78. The van der Waals surface area contributed by atoms with Crippen molar-refractivity contribution in [3.63, 3.8) is 0 Å². The highest BCUT2D eigenvalue weighted by Gasteiger charge is 2.35. The molecule has 0 spiro atoms. The minimum atomic E-state index is -4.13. The molecular weight excluding hydrogens is 647 g/mol. The van der Waals surface area contributed by atoms with Gasteiger partial charge in [-0.25, -0.2) is 0 Å². The van der Waals surface area contributed by atoms with Crippen molar-refractivity contribution in [1.29, 1.82) is 0 Å². The lowest BCUT2D eigenvalue weighted by atomic mass is 10.2. The van der Waals surface area contributed by atoms with Crippen LogP contribution in [0.4, 0.5) is 5.69 Å². The number of thiocarbonyl (C=S) groups is 1. The van der Waals surface area contributed by atoms with Crippen molar-refractivity contribution < 1.29 is 47.0 Å². The van der Waals surface area contributed by atoms with Crippen LogP contribution in [0.25, 0.3) is 11.0 Å². The lowest BCUT2D eigenvalue weighted by Crippen LogP contribution is -2.36. The molecule has 18 heteroatoms. The molecule has 0 bridgehead atoms. The molecule has 43 heavy (non-hydrogen) atoms. The summed E-state index contributed by atoms with van der Waals surface area (Å²) < 4.78 is 43.8. The van der Waals surface area contributed by atoms with Gasteiger partial charge in [-0.1, -0.05) is 24.0 Å². The maximum Gasteiger partial charge on any atom is 0.323 e. The van der Waals surface area contributed by atoms with Gasteiger partial charge in [-0.15, -0.1) is 11.3 Å². The van der Waals surface area contributed by atoms with Crippen LogP contribution in [0.5, 0.6) is 11.5 Å². The average Bonchev–Trinajstić information content (AvgIpc) is 3.52. The van der Waals surface area contributed by atoms with Crippen molar-refractivity contribution in [3.8, 4) is 11.5 Å². The van der Waals surface area contributed by atoms with E-state index >= 15 is 0 Å². The molecule has 1 saturated heterocycles. The minimum Gasteiger partial charge on any atom is -0.497 e. The standard InChI is InChI=1S/C25H25N3O11S4/c1-13(23-26(7-3-4-8-43(35,36)37)15-10-14(38-2)5-6-16(15)39-23)9-17-21(33)27(11-18(29)30)24(41-17)20-22(34)28(12-19(31)32)25(40)42-20/h5-6,9-10H,3-4,7-8,11-12H2,1-2H3,(H,29,30)(H,31,32)(H,35,36,37)/b17-9-,23-13+,24-20-. The number of carboxylic acids is 2. The molecule has 0 atom stereocenters. The Bertz CT molecular complexity index is 1840. The van der Waals surface area contributed by atoms with E-state index < -0.39 is 52.4 Å². The van der Waals surface area contributed by atoms with Crippen LogP contribution < -0.4 is 29.1 Å². The molecule has 230 valence electrons. The van der Waals surface area contributed by atoms with Crippen molar-refractivity contribution in [1.82, 2.24) is 9.47 Å². The minimum absolute atomic E-state index is 0.0177. The first-order valence-electron chi connectivity index (χ1n) is 12.4. The smallest absolute Gasteiger partial charge is 0.323 e. The first-order chi connectivity index (χ1) is 20.2. The number of hydrogen-bond acceptors (Lipinski definition) is 12. The molecule has 3 heterocycles. The van der Waals surface area contributed by atoms with Gasteiger partial charge in [0, 0.05) is 18.2 Å². The Kier molecular flexibility index (Phi) is 9.65. The highest BCUT2D eigenvalue weighted by Crippen LogP contribution is 2.42. The van der Waals surface area contributed by atoms with E-state index in [9.17, 15) is 32.7 Å². The quantitative estimate of drug-likeness (QED) is 0.171. The second-order valence-electron chi connectivity index (χ2n) is 9.25. The Morgan fingerprint density at radius 3 is 2.44 bits per heavy atom. The molecule has 14 nitrogen and oxygen atoms in total. The Labute approximate surface area is 257 Å². The van der Waals surface area contributed by atoms with Gasteiger partial charge < -0.3 is 24.6 Å². The molecule has 2 aliphatic rings. The summed E-state index contributed by atoms with van der Waals surface area (Å²) in [5.74, 6) is -2.45. The van der Waals surface area contributed by atoms with Crippen LogP contribution in [-0.2, 0) is 31.0 Å². The van der Waals surface area contributed by atoms with Gasteiger partial charge in [0.05, 0.1) is 23.1 Å². The number of anilines is 1. The number of thiazole rings is 1. The van der Waals surface area contributed by atoms with E-state index in [1.807, 2.05) is 0 Å². The number of methoxy groups -OCH3 is 1. The van der Waals surface area contributed by atoms with Gasteiger partial charge in [0.15, 0.2) is 5.75 Å². The van der Waals surface area contributed by atoms with Crippen molar-refractivity contribution in [2.75, 3.05) is 30.9 Å². The zero-order valence-corrected chi connectivity index (χ0v) is 25.9. The van der Waals surface area contributed by atoms with E-state index in [1.54, 1.807) is 30.0 Å². The Morgan fingerprint density at radius 1 is 1.12 bits per heavy atom. The number of carbonyl (C=O) groups excluding carboxylic acids is 1. The number of fused-ring (bicyclic) bond motifs is 1. The Morgan fingerprint density at radius 2 is 1.81 bits per heavy atom. The van der Waals surface area contributed by atoms with Crippen LogP contribution in [0.15, 0.2) is 34.4 Å². The largest absolute Gasteiger partial charge is 0.497 e. The molecule has 4 rings (SSSR count). The van der Waals surface area contributed by atoms with E-state index in [0.717, 1.165) is 32.6 Å². The molecule has 1 fully saturated rings. The summed E-state index contributed by atoms with van der Waals surface area (Å²) in [6.07, 6.45) is 2.01. The number of amides is 1. The predicted molar refractivity (Wildman–Crippen MR) is 162 cm³/mol. The van der Waals surface area contributed by atoms with Crippen LogP contribution >= 0.6 is 35.3 Å². The molecular formula is C25H25N3O11S4. The zero-order chi connectivity index (χ0) is 31.6. The van der Waals surface area contributed by atoms with Crippen LogP contribution in [0, 0.1) is 0 Å². The number of nitrogens with zero attached hydrogens (tertiary/aromatic N) is 3. The number of benzene rings is 1. The summed E-state index contributed by atoms with van der Waals surface area (Å²) in [5.41, 5.74) is 0.387. The maximum absolute atomic E-state index is 13.4. The van der Waals surface area contributed by atoms with Gasteiger partial charge >= 0.3 is 11.9 Å². The zero-order valence-electron chi connectivity index (χ0n) is 22.6. The molecule has 2 aliphatic heterocycles. The molecule has 0 aliphatic carbocycles. The molecule has 0 unspecified atom stereocenters. The summed E-state index contributed by atoms with van der Waals surface area (Å²) in [6, 6.07) is 5.11.